The number of hydrogen-bond acceptors (Lipinski definition) is 3. The number of rotatable bonds is 2. The van der Waals surface area contributed by atoms with Crippen LogP contribution in [0.1, 0.15) is 11.4 Å². The lowest BCUT2D eigenvalue weighted by atomic mass is 10.1. The molecule has 0 fully saturated rings. The van der Waals surface area contributed by atoms with Gasteiger partial charge in [0.15, 0.2) is 0 Å². The van der Waals surface area contributed by atoms with Crippen LogP contribution in [0, 0.1) is 0 Å². The Bertz CT molecular complexity index is 1030. The van der Waals surface area contributed by atoms with Gasteiger partial charge in [0, 0.05) is 6.42 Å². The fraction of sp³-hybridized carbons (Fsp3) is 0.0588. The van der Waals surface area contributed by atoms with Crippen molar-refractivity contribution in [3.05, 3.63) is 70.3 Å². The SMILES string of the molecule is O=c1[nH]c(Cc2ccccc2)nc2[nH]c3cccc(O)c3c12. The van der Waals surface area contributed by atoms with Crippen molar-refractivity contribution in [2.75, 3.05) is 0 Å². The van der Waals surface area contributed by atoms with Gasteiger partial charge in [-0.2, -0.15) is 0 Å². The first-order valence-corrected chi connectivity index (χ1v) is 6.99. The Morgan fingerprint density at radius 1 is 0.955 bits per heavy atom. The van der Waals surface area contributed by atoms with Gasteiger partial charge in [0.2, 0.25) is 0 Å². The predicted octanol–water partition coefficient (Wildman–Crippen LogP) is 2.70. The number of aromatic nitrogens is 3. The molecule has 0 saturated carbocycles. The van der Waals surface area contributed by atoms with Gasteiger partial charge in [0.1, 0.15) is 17.2 Å². The standard InChI is InChI=1S/C17H13N3O2/c21-12-8-4-7-11-14(12)15-16(18-11)19-13(20-17(15)22)9-10-5-2-1-3-6-10/h1-8,21H,9H2,(H2,18,19,20,22). The molecule has 0 spiro atoms. The average molecular weight is 291 g/mol. The monoisotopic (exact) mass is 291 g/mol. The number of fused-ring (bicyclic) bond motifs is 3. The van der Waals surface area contributed by atoms with Crippen molar-refractivity contribution in [3.63, 3.8) is 0 Å². The summed E-state index contributed by atoms with van der Waals surface area (Å²) in [6, 6.07) is 14.9. The predicted molar refractivity (Wildman–Crippen MR) is 85.1 cm³/mol. The van der Waals surface area contributed by atoms with Crippen LogP contribution >= 0.6 is 0 Å². The Balaban J connectivity index is 1.92. The van der Waals surface area contributed by atoms with E-state index in [0.29, 0.717) is 34.2 Å². The zero-order valence-corrected chi connectivity index (χ0v) is 11.6. The molecular formula is C17H13N3O2. The third-order valence-corrected chi connectivity index (χ3v) is 3.73. The van der Waals surface area contributed by atoms with Gasteiger partial charge in [-0.15, -0.1) is 0 Å². The smallest absolute Gasteiger partial charge is 0.261 e. The number of nitrogens with one attached hydrogen (secondary N) is 2. The fourth-order valence-corrected chi connectivity index (χ4v) is 2.75. The van der Waals surface area contributed by atoms with Crippen LogP contribution in [0.25, 0.3) is 21.9 Å². The second kappa shape index (κ2) is 4.73. The van der Waals surface area contributed by atoms with E-state index in [0.717, 1.165) is 5.56 Å². The minimum absolute atomic E-state index is 0.0758. The van der Waals surface area contributed by atoms with Crippen molar-refractivity contribution in [3.8, 4) is 5.75 Å². The second-order valence-electron chi connectivity index (χ2n) is 5.22. The Hall–Kier alpha value is -3.08. The molecule has 5 heteroatoms. The molecule has 0 radical (unpaired) electrons. The van der Waals surface area contributed by atoms with E-state index in [4.69, 9.17) is 0 Å². The quantitative estimate of drug-likeness (QED) is 0.531. The van der Waals surface area contributed by atoms with Crippen LogP contribution < -0.4 is 5.56 Å². The van der Waals surface area contributed by atoms with E-state index < -0.39 is 0 Å². The summed E-state index contributed by atoms with van der Waals surface area (Å²) in [5, 5.41) is 10.9. The summed E-state index contributed by atoms with van der Waals surface area (Å²) in [5.41, 5.74) is 2.02. The number of phenols is 1. The Kier molecular flexibility index (Phi) is 2.72. The lowest BCUT2D eigenvalue weighted by molar-refractivity contribution is 0.482. The van der Waals surface area contributed by atoms with Crippen LogP contribution in [0.4, 0.5) is 0 Å². The lowest BCUT2D eigenvalue weighted by Crippen LogP contribution is -2.11. The number of hydrogen-bond donors (Lipinski definition) is 3. The summed E-state index contributed by atoms with van der Waals surface area (Å²) in [7, 11) is 0. The molecule has 5 nitrogen and oxygen atoms in total. The minimum Gasteiger partial charge on any atom is -0.507 e. The molecule has 4 aromatic rings. The molecular weight excluding hydrogens is 278 g/mol. The maximum atomic E-state index is 12.4. The largest absolute Gasteiger partial charge is 0.507 e. The van der Waals surface area contributed by atoms with E-state index in [9.17, 15) is 9.90 Å². The zero-order chi connectivity index (χ0) is 15.1. The maximum absolute atomic E-state index is 12.4. The Morgan fingerprint density at radius 2 is 1.77 bits per heavy atom. The lowest BCUT2D eigenvalue weighted by Gasteiger charge is -2.01. The van der Waals surface area contributed by atoms with Gasteiger partial charge in [0.05, 0.1) is 16.3 Å². The number of benzene rings is 2. The molecule has 3 N–H and O–H groups in total. The van der Waals surface area contributed by atoms with Crippen LogP contribution in [-0.2, 0) is 6.42 Å². The Morgan fingerprint density at radius 3 is 2.59 bits per heavy atom. The summed E-state index contributed by atoms with van der Waals surface area (Å²) in [6.45, 7) is 0. The molecule has 0 unspecified atom stereocenters. The highest BCUT2D eigenvalue weighted by Crippen LogP contribution is 2.29. The molecule has 2 heterocycles. The van der Waals surface area contributed by atoms with Gasteiger partial charge in [-0.3, -0.25) is 4.79 Å². The van der Waals surface area contributed by atoms with Gasteiger partial charge in [-0.1, -0.05) is 36.4 Å². The van der Waals surface area contributed by atoms with Crippen LogP contribution in [0.2, 0.25) is 0 Å². The second-order valence-corrected chi connectivity index (χ2v) is 5.22. The van der Waals surface area contributed by atoms with Crippen LogP contribution in [0.5, 0.6) is 5.75 Å². The van der Waals surface area contributed by atoms with Crippen molar-refractivity contribution in [2.24, 2.45) is 0 Å². The summed E-state index contributed by atoms with van der Waals surface area (Å²) < 4.78 is 0. The molecule has 0 aliphatic rings. The van der Waals surface area contributed by atoms with Crippen molar-refractivity contribution in [1.29, 1.82) is 0 Å². The molecule has 0 bridgehead atoms. The summed E-state index contributed by atoms with van der Waals surface area (Å²) in [5.74, 6) is 0.668. The average Bonchev–Trinajstić information content (AvgIpc) is 2.88. The van der Waals surface area contributed by atoms with Gasteiger partial charge in [-0.25, -0.2) is 4.98 Å². The van der Waals surface area contributed by atoms with Gasteiger partial charge in [-0.05, 0) is 17.7 Å². The minimum atomic E-state index is -0.247. The zero-order valence-electron chi connectivity index (χ0n) is 11.6. The summed E-state index contributed by atoms with van der Waals surface area (Å²) in [6.07, 6.45) is 0.549. The van der Waals surface area contributed by atoms with E-state index in [1.807, 2.05) is 36.4 Å². The third-order valence-electron chi connectivity index (χ3n) is 3.73. The first-order valence-electron chi connectivity index (χ1n) is 6.99. The Labute approximate surface area is 125 Å². The summed E-state index contributed by atoms with van der Waals surface area (Å²) >= 11 is 0. The molecule has 0 amide bonds. The molecule has 2 aromatic carbocycles. The molecule has 0 aliphatic heterocycles. The molecule has 0 saturated heterocycles. The highest BCUT2D eigenvalue weighted by Gasteiger charge is 2.13. The van der Waals surface area contributed by atoms with Crippen molar-refractivity contribution in [2.45, 2.75) is 6.42 Å². The number of aromatic hydroxyl groups is 1. The third kappa shape index (κ3) is 1.95. The summed E-state index contributed by atoms with van der Waals surface area (Å²) in [4.78, 5) is 22.8. The van der Waals surface area contributed by atoms with Crippen molar-refractivity contribution < 1.29 is 5.11 Å². The number of H-pyrrole nitrogens is 2. The van der Waals surface area contributed by atoms with Gasteiger partial charge >= 0.3 is 0 Å². The van der Waals surface area contributed by atoms with E-state index >= 15 is 0 Å². The van der Waals surface area contributed by atoms with E-state index in [1.165, 1.54) is 0 Å². The highest BCUT2D eigenvalue weighted by molar-refractivity contribution is 6.08. The highest BCUT2D eigenvalue weighted by atomic mass is 16.3. The first kappa shape index (κ1) is 12.6. The molecule has 0 aliphatic carbocycles. The van der Waals surface area contributed by atoms with E-state index in [2.05, 4.69) is 15.0 Å². The molecule has 108 valence electrons. The normalized spacial score (nSPS) is 11.3. The number of phenolic OH excluding ortho intramolecular Hbond substituents is 1. The van der Waals surface area contributed by atoms with Gasteiger partial charge < -0.3 is 15.1 Å². The van der Waals surface area contributed by atoms with E-state index in [1.54, 1.807) is 12.1 Å². The fourth-order valence-electron chi connectivity index (χ4n) is 2.75. The first-order chi connectivity index (χ1) is 10.7. The van der Waals surface area contributed by atoms with Crippen LogP contribution in [-0.4, -0.2) is 20.1 Å². The van der Waals surface area contributed by atoms with Crippen LogP contribution in [0.3, 0.4) is 0 Å². The topological polar surface area (TPSA) is 81.8 Å². The molecule has 2 aromatic heterocycles. The number of aromatic amines is 2. The molecule has 0 atom stereocenters. The van der Waals surface area contributed by atoms with Crippen molar-refractivity contribution in [1.82, 2.24) is 15.0 Å². The van der Waals surface area contributed by atoms with Crippen LogP contribution in [0.15, 0.2) is 53.3 Å². The van der Waals surface area contributed by atoms with Gasteiger partial charge in [0.25, 0.3) is 5.56 Å². The van der Waals surface area contributed by atoms with E-state index in [-0.39, 0.29) is 11.3 Å². The maximum Gasteiger partial charge on any atom is 0.261 e. The molecule has 22 heavy (non-hydrogen) atoms. The molecule has 4 rings (SSSR count). The van der Waals surface area contributed by atoms with Crippen molar-refractivity contribution >= 4 is 21.9 Å². The number of nitrogens with zero attached hydrogens (tertiary/aromatic N) is 1.